The zero-order valence-corrected chi connectivity index (χ0v) is 21.2. The molecule has 5 rings (SSSR count). The van der Waals surface area contributed by atoms with Gasteiger partial charge in [0, 0.05) is 35.3 Å². The predicted octanol–water partition coefficient (Wildman–Crippen LogP) is 7.58. The van der Waals surface area contributed by atoms with Gasteiger partial charge in [0.25, 0.3) is 17.7 Å². The maximum atomic E-state index is 15.0. The molecular formula is C32H26F2N2O3. The minimum absolute atomic E-state index is 0.120. The summed E-state index contributed by atoms with van der Waals surface area (Å²) in [5, 5.41) is 12.9. The number of carbonyl (C=O) groups is 2. The maximum Gasteiger partial charge on any atom is 0.278 e. The van der Waals surface area contributed by atoms with E-state index < -0.39 is 29.6 Å². The third-order valence-corrected chi connectivity index (χ3v) is 6.73. The molecule has 0 saturated heterocycles. The number of hydrogen-bond donors (Lipinski definition) is 2. The lowest BCUT2D eigenvalue weighted by molar-refractivity contribution is 0.0575. The predicted molar refractivity (Wildman–Crippen MR) is 149 cm³/mol. The van der Waals surface area contributed by atoms with E-state index in [1.807, 2.05) is 42.5 Å². The van der Waals surface area contributed by atoms with Crippen molar-refractivity contribution in [2.24, 2.45) is 0 Å². The average Bonchev–Trinajstić information content (AvgIpc) is 3.06. The summed E-state index contributed by atoms with van der Waals surface area (Å²) in [5.74, 6) is -4.53. The molecule has 2 amide bonds. The first-order valence-corrected chi connectivity index (χ1v) is 12.5. The molecular weight excluding hydrogens is 498 g/mol. The van der Waals surface area contributed by atoms with E-state index >= 15 is 0 Å². The normalized spacial score (nSPS) is 15.6. The smallest absolute Gasteiger partial charge is 0.278 e. The van der Waals surface area contributed by atoms with E-state index in [0.29, 0.717) is 16.9 Å². The number of nitrogens with one attached hydrogen (secondary N) is 1. The zero-order chi connectivity index (χ0) is 27.6. The molecule has 0 aromatic heterocycles. The molecule has 0 unspecified atom stereocenters. The van der Waals surface area contributed by atoms with Crippen LogP contribution in [0.4, 0.5) is 20.2 Å². The topological polar surface area (TPSA) is 69.6 Å². The summed E-state index contributed by atoms with van der Waals surface area (Å²) < 4.78 is 29.9. The summed E-state index contributed by atoms with van der Waals surface area (Å²) in [6, 6.07) is 29.6. The first kappa shape index (κ1) is 25.9. The number of allylic oxidation sites excluding steroid dienone is 2. The molecule has 0 spiro atoms. The van der Waals surface area contributed by atoms with Gasteiger partial charge in [0.2, 0.25) is 0 Å². The maximum absolute atomic E-state index is 15.0. The second kappa shape index (κ2) is 10.5. The summed E-state index contributed by atoms with van der Waals surface area (Å²) in [6.45, 7) is 0.997. The zero-order valence-electron chi connectivity index (χ0n) is 21.2. The Hall–Kier alpha value is -4.78. The molecule has 0 atom stereocenters. The number of benzene rings is 4. The van der Waals surface area contributed by atoms with Crippen molar-refractivity contribution < 1.29 is 23.5 Å². The Morgan fingerprint density at radius 2 is 1.44 bits per heavy atom. The summed E-state index contributed by atoms with van der Waals surface area (Å²) in [6.07, 6.45) is -0.629. The number of aliphatic hydroxyl groups is 1. The van der Waals surface area contributed by atoms with E-state index in [2.05, 4.69) is 5.32 Å². The van der Waals surface area contributed by atoms with Gasteiger partial charge < -0.3 is 15.3 Å². The van der Waals surface area contributed by atoms with Crippen LogP contribution < -0.4 is 10.2 Å². The van der Waals surface area contributed by atoms with Gasteiger partial charge in [-0.15, -0.1) is 0 Å². The minimum Gasteiger partial charge on any atom is -0.512 e. The molecule has 1 aliphatic heterocycles. The van der Waals surface area contributed by atoms with E-state index in [0.717, 1.165) is 11.1 Å². The molecule has 0 saturated carbocycles. The molecule has 5 nitrogen and oxygen atoms in total. The van der Waals surface area contributed by atoms with Crippen LogP contribution in [0.25, 0.3) is 16.7 Å². The van der Waals surface area contributed by atoms with Gasteiger partial charge in [-0.3, -0.25) is 9.59 Å². The fraction of sp³-hybridized carbons (Fsp3) is 0.125. The van der Waals surface area contributed by atoms with Crippen molar-refractivity contribution in [1.82, 2.24) is 0 Å². The lowest BCUT2D eigenvalue weighted by atomic mass is 9.96. The third kappa shape index (κ3) is 5.16. The lowest BCUT2D eigenvalue weighted by Gasteiger charge is -2.23. The summed E-state index contributed by atoms with van der Waals surface area (Å²) in [4.78, 5) is 27.9. The number of nitrogens with zero attached hydrogens (tertiary/aromatic N) is 1. The van der Waals surface area contributed by atoms with Gasteiger partial charge in [0.15, 0.2) is 0 Å². The highest BCUT2D eigenvalue weighted by atomic mass is 19.3. The lowest BCUT2D eigenvalue weighted by Crippen LogP contribution is -2.33. The van der Waals surface area contributed by atoms with Crippen LogP contribution in [0.3, 0.4) is 0 Å². The Labute approximate surface area is 225 Å². The molecule has 1 heterocycles. The first-order valence-electron chi connectivity index (χ1n) is 12.5. The molecule has 7 heteroatoms. The highest BCUT2D eigenvalue weighted by Crippen LogP contribution is 2.44. The van der Waals surface area contributed by atoms with Crippen LogP contribution >= 0.6 is 0 Å². The Morgan fingerprint density at radius 1 is 0.821 bits per heavy atom. The fourth-order valence-corrected chi connectivity index (χ4v) is 4.89. The van der Waals surface area contributed by atoms with Crippen molar-refractivity contribution in [2.45, 2.75) is 19.3 Å². The molecule has 0 radical (unpaired) electrons. The monoisotopic (exact) mass is 524 g/mol. The van der Waals surface area contributed by atoms with Gasteiger partial charge in [-0.05, 0) is 54.4 Å². The van der Waals surface area contributed by atoms with Crippen LogP contribution in [0.2, 0.25) is 0 Å². The third-order valence-electron chi connectivity index (χ3n) is 6.73. The quantitative estimate of drug-likeness (QED) is 0.270. The molecule has 196 valence electrons. The van der Waals surface area contributed by atoms with E-state index in [9.17, 15) is 23.5 Å². The Balaban J connectivity index is 1.39. The second-order valence-corrected chi connectivity index (χ2v) is 9.33. The van der Waals surface area contributed by atoms with Gasteiger partial charge in [-0.2, -0.15) is 0 Å². The standard InChI is InChI=1S/C32H26F2N2O3/c1-21(37)29-27-13-7-8-14-28(27)36(20-19-32(29,33)34)31(39)23-15-17-24(18-16-23)35-30(38)26-12-6-5-11-25(26)22-9-3-2-4-10-22/h2-18,37H,19-20H2,1H3,(H,35,38). The van der Waals surface area contributed by atoms with Crippen molar-refractivity contribution in [2.75, 3.05) is 16.8 Å². The van der Waals surface area contributed by atoms with Crippen molar-refractivity contribution in [1.29, 1.82) is 0 Å². The van der Waals surface area contributed by atoms with Crippen molar-refractivity contribution >= 4 is 28.8 Å². The average molecular weight is 525 g/mol. The highest BCUT2D eigenvalue weighted by Gasteiger charge is 2.42. The fourth-order valence-electron chi connectivity index (χ4n) is 4.89. The second-order valence-electron chi connectivity index (χ2n) is 9.33. The molecule has 1 aliphatic rings. The summed E-state index contributed by atoms with van der Waals surface area (Å²) in [5.41, 5.74) is 2.95. The minimum atomic E-state index is -3.30. The number of hydrogen-bond acceptors (Lipinski definition) is 3. The Kier molecular flexibility index (Phi) is 6.98. The van der Waals surface area contributed by atoms with E-state index in [4.69, 9.17) is 0 Å². The van der Waals surface area contributed by atoms with Crippen molar-refractivity contribution in [3.63, 3.8) is 0 Å². The van der Waals surface area contributed by atoms with Gasteiger partial charge in [-0.25, -0.2) is 8.78 Å². The van der Waals surface area contributed by atoms with Crippen LogP contribution in [0.1, 0.15) is 39.6 Å². The number of fused-ring (bicyclic) bond motifs is 1. The number of rotatable bonds is 4. The van der Waals surface area contributed by atoms with E-state index in [-0.39, 0.29) is 23.6 Å². The van der Waals surface area contributed by atoms with E-state index in [1.165, 1.54) is 17.9 Å². The van der Waals surface area contributed by atoms with Gasteiger partial charge in [-0.1, -0.05) is 66.7 Å². The molecule has 39 heavy (non-hydrogen) atoms. The summed E-state index contributed by atoms with van der Waals surface area (Å²) >= 11 is 0. The van der Waals surface area contributed by atoms with Gasteiger partial charge in [0.1, 0.15) is 0 Å². The number of para-hydroxylation sites is 1. The van der Waals surface area contributed by atoms with Crippen LogP contribution in [-0.2, 0) is 0 Å². The largest absolute Gasteiger partial charge is 0.512 e. The SMILES string of the molecule is CC(O)=C1c2ccccc2N(C(=O)c2ccc(NC(=O)c3ccccc3-c3ccccc3)cc2)CCC1(F)F. The van der Waals surface area contributed by atoms with Gasteiger partial charge >= 0.3 is 0 Å². The Morgan fingerprint density at radius 3 is 2.13 bits per heavy atom. The Bertz CT molecular complexity index is 1560. The number of amides is 2. The van der Waals surface area contributed by atoms with Crippen molar-refractivity contribution in [3.8, 4) is 11.1 Å². The van der Waals surface area contributed by atoms with Crippen molar-refractivity contribution in [3.05, 3.63) is 126 Å². The molecule has 4 aromatic rings. The summed E-state index contributed by atoms with van der Waals surface area (Å²) in [7, 11) is 0. The number of aliphatic hydroxyl groups excluding tert-OH is 1. The molecule has 2 N–H and O–H groups in total. The molecule has 4 aromatic carbocycles. The number of halogens is 2. The van der Waals surface area contributed by atoms with Crippen LogP contribution in [-0.4, -0.2) is 29.4 Å². The van der Waals surface area contributed by atoms with Gasteiger partial charge in [0.05, 0.1) is 17.0 Å². The molecule has 0 aliphatic carbocycles. The first-order chi connectivity index (χ1) is 18.8. The van der Waals surface area contributed by atoms with Crippen LogP contribution in [0.15, 0.2) is 109 Å². The molecule has 0 bridgehead atoms. The van der Waals surface area contributed by atoms with Crippen LogP contribution in [0, 0.1) is 0 Å². The number of anilines is 2. The van der Waals surface area contributed by atoms with E-state index in [1.54, 1.807) is 54.6 Å². The highest BCUT2D eigenvalue weighted by molar-refractivity contribution is 6.10. The molecule has 0 fully saturated rings. The number of carbonyl (C=O) groups excluding carboxylic acids is 2. The number of alkyl halides is 2. The van der Waals surface area contributed by atoms with Crippen LogP contribution in [0.5, 0.6) is 0 Å².